The summed E-state index contributed by atoms with van der Waals surface area (Å²) in [5.74, 6) is 0. The van der Waals surface area contributed by atoms with Gasteiger partial charge in [0.25, 0.3) is 0 Å². The second-order valence-electron chi connectivity index (χ2n) is 9.59. The van der Waals surface area contributed by atoms with Crippen molar-refractivity contribution in [1.29, 1.82) is 0 Å². The molecule has 0 aliphatic carbocycles. The van der Waals surface area contributed by atoms with E-state index in [0.29, 0.717) is 0 Å². The van der Waals surface area contributed by atoms with Gasteiger partial charge in [-0.05, 0) is 58.4 Å². The molecular weight excluding hydrogens is 362 g/mol. The van der Waals surface area contributed by atoms with E-state index in [1.165, 1.54) is 44.3 Å². The van der Waals surface area contributed by atoms with Crippen LogP contribution in [-0.2, 0) is 10.8 Å². The van der Waals surface area contributed by atoms with Crippen molar-refractivity contribution in [2.45, 2.75) is 52.4 Å². The van der Waals surface area contributed by atoms with Crippen molar-refractivity contribution in [3.63, 3.8) is 0 Å². The molecule has 28 heavy (non-hydrogen) atoms. The number of thiophene rings is 1. The van der Waals surface area contributed by atoms with Crippen LogP contribution in [0.4, 0.5) is 0 Å². The van der Waals surface area contributed by atoms with Crippen LogP contribution in [-0.4, -0.2) is 10.9 Å². The molecule has 0 saturated carbocycles. The second kappa shape index (κ2) is 6.31. The molecule has 0 saturated heterocycles. The van der Waals surface area contributed by atoms with E-state index in [1.54, 1.807) is 0 Å². The third-order valence-electron chi connectivity index (χ3n) is 5.45. The lowest BCUT2D eigenvalue weighted by atomic mass is 9.85. The Morgan fingerprint density at radius 2 is 1.25 bits per heavy atom. The molecule has 144 valence electrons. The Hall–Kier alpha value is -2.39. The lowest BCUT2D eigenvalue weighted by molar-refractivity contribution is 0.112. The Labute approximate surface area is 170 Å². The van der Waals surface area contributed by atoms with Crippen LogP contribution >= 0.6 is 11.3 Å². The minimum Gasteiger partial charge on any atom is -0.301 e. The number of aldehydes is 1. The number of hydrogen-bond acceptors (Lipinski definition) is 2. The molecular formula is C25H27NOS. The number of carbonyl (C=O) groups excluding carboxylic acids is 1. The quantitative estimate of drug-likeness (QED) is 0.331. The first-order valence-electron chi connectivity index (χ1n) is 9.74. The van der Waals surface area contributed by atoms with Crippen LogP contribution in [0.25, 0.3) is 26.8 Å². The smallest absolute Gasteiger partial charge is 0.160 e. The summed E-state index contributed by atoms with van der Waals surface area (Å²) < 4.78 is 2.29. The van der Waals surface area contributed by atoms with Gasteiger partial charge in [0.2, 0.25) is 0 Å². The maximum Gasteiger partial charge on any atom is 0.160 e. The molecule has 0 fully saturated rings. The minimum absolute atomic E-state index is 0.0951. The summed E-state index contributed by atoms with van der Waals surface area (Å²) in [6.45, 7) is 13.5. The van der Waals surface area contributed by atoms with Crippen LogP contribution in [0.5, 0.6) is 0 Å². The lowest BCUT2D eigenvalue weighted by Crippen LogP contribution is -2.10. The van der Waals surface area contributed by atoms with Crippen LogP contribution in [0.1, 0.15) is 62.3 Å². The van der Waals surface area contributed by atoms with Gasteiger partial charge in [0.15, 0.2) is 6.29 Å². The molecule has 0 radical (unpaired) electrons. The van der Waals surface area contributed by atoms with Crippen molar-refractivity contribution in [1.82, 2.24) is 4.57 Å². The molecule has 0 amide bonds. The van der Waals surface area contributed by atoms with Gasteiger partial charge in [-0.1, -0.05) is 53.7 Å². The topological polar surface area (TPSA) is 22.0 Å². The normalized spacial score (nSPS) is 12.8. The molecule has 2 nitrogen and oxygen atoms in total. The average Bonchev–Trinajstić information content (AvgIpc) is 3.21. The van der Waals surface area contributed by atoms with Crippen LogP contribution in [0.3, 0.4) is 0 Å². The monoisotopic (exact) mass is 389 g/mol. The molecule has 2 heterocycles. The first kappa shape index (κ1) is 18.9. The Balaban J connectivity index is 2.11. The fourth-order valence-corrected chi connectivity index (χ4v) is 4.57. The SMILES string of the molecule is CC(C)(C)c1ccc2c(c1)c1cc(C(C)(C)C)ccc1n2-c1ccc(C=O)s1. The van der Waals surface area contributed by atoms with E-state index < -0.39 is 0 Å². The van der Waals surface area contributed by atoms with Crippen LogP contribution in [0.2, 0.25) is 0 Å². The molecule has 0 spiro atoms. The zero-order valence-electron chi connectivity index (χ0n) is 17.5. The third-order valence-corrected chi connectivity index (χ3v) is 6.44. The largest absolute Gasteiger partial charge is 0.301 e. The molecule has 4 aromatic rings. The second-order valence-corrected chi connectivity index (χ2v) is 10.7. The van der Waals surface area contributed by atoms with E-state index in [0.717, 1.165) is 16.2 Å². The lowest BCUT2D eigenvalue weighted by Gasteiger charge is -2.19. The number of fused-ring (bicyclic) bond motifs is 3. The van der Waals surface area contributed by atoms with Crippen molar-refractivity contribution in [2.24, 2.45) is 0 Å². The minimum atomic E-state index is 0.0951. The van der Waals surface area contributed by atoms with Gasteiger partial charge in [-0.25, -0.2) is 0 Å². The molecule has 2 aromatic carbocycles. The Morgan fingerprint density at radius 1 is 0.750 bits per heavy atom. The summed E-state index contributed by atoms with van der Waals surface area (Å²) in [6, 6.07) is 17.6. The number of benzene rings is 2. The first-order valence-corrected chi connectivity index (χ1v) is 10.6. The molecule has 0 aliphatic rings. The van der Waals surface area contributed by atoms with Gasteiger partial charge in [-0.2, -0.15) is 0 Å². The van der Waals surface area contributed by atoms with Crippen LogP contribution < -0.4 is 0 Å². The fraction of sp³-hybridized carbons (Fsp3) is 0.320. The predicted molar refractivity (Wildman–Crippen MR) is 121 cm³/mol. The Bertz CT molecular complexity index is 1120. The van der Waals surface area contributed by atoms with E-state index in [4.69, 9.17) is 0 Å². The molecule has 3 heteroatoms. The average molecular weight is 390 g/mol. The Morgan fingerprint density at radius 3 is 1.64 bits per heavy atom. The van der Waals surface area contributed by atoms with Gasteiger partial charge in [-0.15, -0.1) is 11.3 Å². The maximum absolute atomic E-state index is 11.2. The van der Waals surface area contributed by atoms with E-state index in [9.17, 15) is 4.79 Å². The van der Waals surface area contributed by atoms with Gasteiger partial charge >= 0.3 is 0 Å². The zero-order chi connectivity index (χ0) is 20.3. The molecule has 0 unspecified atom stereocenters. The van der Waals surface area contributed by atoms with E-state index >= 15 is 0 Å². The molecule has 2 aromatic heterocycles. The number of aromatic nitrogens is 1. The number of rotatable bonds is 2. The van der Waals surface area contributed by atoms with Gasteiger partial charge in [-0.3, -0.25) is 4.79 Å². The number of carbonyl (C=O) groups is 1. The van der Waals surface area contributed by atoms with Gasteiger partial charge < -0.3 is 4.57 Å². The Kier molecular flexibility index (Phi) is 4.27. The third kappa shape index (κ3) is 3.08. The van der Waals surface area contributed by atoms with E-state index in [2.05, 4.69) is 82.5 Å². The van der Waals surface area contributed by atoms with Crippen molar-refractivity contribution >= 4 is 39.4 Å². The van der Waals surface area contributed by atoms with Crippen LogP contribution in [0.15, 0.2) is 48.5 Å². The van der Waals surface area contributed by atoms with Crippen molar-refractivity contribution in [3.8, 4) is 5.00 Å². The summed E-state index contributed by atoms with van der Waals surface area (Å²) in [6.07, 6.45) is 0.928. The van der Waals surface area contributed by atoms with Crippen molar-refractivity contribution < 1.29 is 4.79 Å². The van der Waals surface area contributed by atoms with Gasteiger partial charge in [0.05, 0.1) is 15.9 Å². The molecule has 0 bridgehead atoms. The van der Waals surface area contributed by atoms with E-state index in [-0.39, 0.29) is 10.8 Å². The summed E-state index contributed by atoms with van der Waals surface area (Å²) in [4.78, 5) is 12.0. The molecule has 0 atom stereocenters. The fourth-order valence-electron chi connectivity index (χ4n) is 3.72. The summed E-state index contributed by atoms with van der Waals surface area (Å²) in [7, 11) is 0. The zero-order valence-corrected chi connectivity index (χ0v) is 18.3. The highest BCUT2D eigenvalue weighted by Gasteiger charge is 2.21. The van der Waals surface area contributed by atoms with Crippen molar-refractivity contribution in [2.75, 3.05) is 0 Å². The maximum atomic E-state index is 11.2. The van der Waals surface area contributed by atoms with Crippen LogP contribution in [0, 0.1) is 0 Å². The number of nitrogens with zero attached hydrogens (tertiary/aromatic N) is 1. The first-order chi connectivity index (χ1) is 13.1. The molecule has 4 rings (SSSR count). The van der Waals surface area contributed by atoms with Gasteiger partial charge in [0.1, 0.15) is 5.00 Å². The molecule has 0 aliphatic heterocycles. The summed E-state index contributed by atoms with van der Waals surface area (Å²) >= 11 is 1.53. The summed E-state index contributed by atoms with van der Waals surface area (Å²) in [5, 5.41) is 3.62. The predicted octanol–water partition coefficient (Wildman–Crippen LogP) is 7.25. The highest BCUT2D eigenvalue weighted by atomic mass is 32.1. The van der Waals surface area contributed by atoms with E-state index in [1.807, 2.05) is 12.1 Å². The highest BCUT2D eigenvalue weighted by Crippen LogP contribution is 2.38. The molecule has 0 N–H and O–H groups in total. The van der Waals surface area contributed by atoms with Gasteiger partial charge in [0, 0.05) is 10.8 Å². The highest BCUT2D eigenvalue weighted by molar-refractivity contribution is 7.16. The number of hydrogen-bond donors (Lipinski definition) is 0. The standard InChI is InChI=1S/C25H27NOS/c1-24(2,3)16-7-10-21-19(13-16)20-14-17(25(4,5)6)8-11-22(20)26(21)23-12-9-18(15-27)28-23/h7-15H,1-6H3. The van der Waals surface area contributed by atoms with Crippen molar-refractivity contribution in [3.05, 3.63) is 64.5 Å². The summed E-state index contributed by atoms with van der Waals surface area (Å²) in [5.41, 5.74) is 5.23.